The van der Waals surface area contributed by atoms with E-state index in [1.54, 1.807) is 23.1 Å². The number of aromatic nitrogens is 4. The van der Waals surface area contributed by atoms with Gasteiger partial charge in [-0.1, -0.05) is 78.9 Å². The number of aryl methyl sites for hydroxylation is 1. The van der Waals surface area contributed by atoms with Crippen molar-refractivity contribution in [3.63, 3.8) is 0 Å². The number of hydrogen-bond acceptors (Lipinski definition) is 7. The predicted molar refractivity (Wildman–Crippen MR) is 169 cm³/mol. The highest BCUT2D eigenvalue weighted by Crippen LogP contribution is 2.32. The fraction of sp³-hybridized carbons (Fsp3) is 0.212. The molecule has 5 aromatic rings. The summed E-state index contributed by atoms with van der Waals surface area (Å²) in [5.74, 6) is 0.226. The van der Waals surface area contributed by atoms with Crippen LogP contribution in [0.4, 0.5) is 5.69 Å². The molecule has 44 heavy (non-hydrogen) atoms. The third kappa shape index (κ3) is 6.30. The number of carbonyl (C=O) groups is 1. The van der Waals surface area contributed by atoms with Crippen LogP contribution < -0.4 is 9.62 Å². The van der Waals surface area contributed by atoms with E-state index in [1.165, 1.54) is 0 Å². The van der Waals surface area contributed by atoms with E-state index in [0.29, 0.717) is 31.8 Å². The standard InChI is InChI=1S/C33H33N7O3S/c1-39(2)21-24-8-7-10-27(20-24)44(42,43)36-30-19-18-26-9-3-6-13-31(26)40(33(30)41)22-23-14-16-25(17-15-23)28-11-4-5-12-29(28)32-34-37-38-35-32/h3-17,20,30,36H,18-19,21-22H2,1-2H3,(H,34,35,37,38). The zero-order valence-corrected chi connectivity index (χ0v) is 25.3. The van der Waals surface area contributed by atoms with Gasteiger partial charge >= 0.3 is 0 Å². The molecule has 10 nitrogen and oxygen atoms in total. The molecule has 2 N–H and O–H groups in total. The number of rotatable bonds is 9. The minimum Gasteiger partial charge on any atom is -0.306 e. The van der Waals surface area contributed by atoms with Crippen LogP contribution >= 0.6 is 0 Å². The average molecular weight is 608 g/mol. The van der Waals surface area contributed by atoms with Crippen LogP contribution in [-0.4, -0.2) is 60.0 Å². The molecule has 0 bridgehead atoms. The second kappa shape index (κ2) is 12.5. The highest BCUT2D eigenvalue weighted by molar-refractivity contribution is 7.89. The number of carbonyl (C=O) groups excluding carboxylic acids is 1. The predicted octanol–water partition coefficient (Wildman–Crippen LogP) is 4.42. The van der Waals surface area contributed by atoms with Crippen molar-refractivity contribution in [1.82, 2.24) is 30.2 Å². The normalized spacial score (nSPS) is 15.3. The molecule has 0 spiro atoms. The summed E-state index contributed by atoms with van der Waals surface area (Å²) in [4.78, 5) is 17.9. The molecule has 0 fully saturated rings. The van der Waals surface area contributed by atoms with Gasteiger partial charge in [-0.05, 0) is 78.2 Å². The number of nitrogens with zero attached hydrogens (tertiary/aromatic N) is 5. The van der Waals surface area contributed by atoms with E-state index in [4.69, 9.17) is 0 Å². The summed E-state index contributed by atoms with van der Waals surface area (Å²) in [6.07, 6.45) is 0.923. The van der Waals surface area contributed by atoms with Gasteiger partial charge in [-0.3, -0.25) is 4.79 Å². The lowest BCUT2D eigenvalue weighted by molar-refractivity contribution is -0.120. The number of aromatic amines is 1. The number of tetrazole rings is 1. The summed E-state index contributed by atoms with van der Waals surface area (Å²) in [5.41, 5.74) is 6.36. The minimum absolute atomic E-state index is 0.148. The largest absolute Gasteiger partial charge is 0.306 e. The average Bonchev–Trinajstić information content (AvgIpc) is 3.53. The maximum Gasteiger partial charge on any atom is 0.245 e. The SMILES string of the molecule is CN(C)Cc1cccc(S(=O)(=O)NC2CCc3ccccc3N(Cc3ccc(-c4ccccc4-c4nn[nH]n4)cc3)C2=O)c1. The number of hydrogen-bond donors (Lipinski definition) is 2. The van der Waals surface area contributed by atoms with E-state index in [0.717, 1.165) is 39.1 Å². The summed E-state index contributed by atoms with van der Waals surface area (Å²) in [6, 6.07) is 29.5. The Kier molecular flexibility index (Phi) is 8.34. The molecule has 1 unspecified atom stereocenters. The van der Waals surface area contributed by atoms with Gasteiger partial charge in [-0.25, -0.2) is 8.42 Å². The molecule has 4 aromatic carbocycles. The highest BCUT2D eigenvalue weighted by Gasteiger charge is 2.33. The first-order valence-electron chi connectivity index (χ1n) is 14.4. The quantitative estimate of drug-likeness (QED) is 0.254. The summed E-state index contributed by atoms with van der Waals surface area (Å²) < 4.78 is 29.7. The van der Waals surface area contributed by atoms with E-state index >= 15 is 0 Å². The number of fused-ring (bicyclic) bond motifs is 1. The van der Waals surface area contributed by atoms with E-state index in [2.05, 4.69) is 25.3 Å². The molecule has 224 valence electrons. The van der Waals surface area contributed by atoms with E-state index in [1.807, 2.05) is 97.9 Å². The van der Waals surface area contributed by atoms with Crippen molar-refractivity contribution < 1.29 is 13.2 Å². The van der Waals surface area contributed by atoms with Crippen molar-refractivity contribution in [3.8, 4) is 22.5 Å². The van der Waals surface area contributed by atoms with Gasteiger partial charge in [0.15, 0.2) is 0 Å². The first kappa shape index (κ1) is 29.4. The third-order valence-electron chi connectivity index (χ3n) is 7.67. The second-order valence-electron chi connectivity index (χ2n) is 11.1. The number of sulfonamides is 1. The van der Waals surface area contributed by atoms with Gasteiger partial charge in [0.2, 0.25) is 21.8 Å². The van der Waals surface area contributed by atoms with Gasteiger partial charge in [-0.2, -0.15) is 9.94 Å². The highest BCUT2D eigenvalue weighted by atomic mass is 32.2. The molecule has 0 saturated heterocycles. The lowest BCUT2D eigenvalue weighted by Gasteiger charge is -2.26. The molecule has 1 atom stereocenters. The maximum atomic E-state index is 14.1. The van der Waals surface area contributed by atoms with Gasteiger partial charge in [0.05, 0.1) is 11.4 Å². The third-order valence-corrected chi connectivity index (χ3v) is 9.14. The zero-order valence-electron chi connectivity index (χ0n) is 24.5. The molecule has 6 rings (SSSR count). The van der Waals surface area contributed by atoms with E-state index in [-0.39, 0.29) is 10.8 Å². The maximum absolute atomic E-state index is 14.1. The Morgan fingerprint density at radius 2 is 1.66 bits per heavy atom. The monoisotopic (exact) mass is 607 g/mol. The molecular weight excluding hydrogens is 574 g/mol. The van der Waals surface area contributed by atoms with Gasteiger partial charge in [0.25, 0.3) is 0 Å². The lowest BCUT2D eigenvalue weighted by atomic mass is 9.98. The van der Waals surface area contributed by atoms with Gasteiger partial charge in [0, 0.05) is 17.8 Å². The summed E-state index contributed by atoms with van der Waals surface area (Å²) in [5, 5.41) is 14.5. The molecule has 1 aromatic heterocycles. The van der Waals surface area contributed by atoms with Crippen molar-refractivity contribution in [1.29, 1.82) is 0 Å². The number of para-hydroxylation sites is 1. The first-order valence-corrected chi connectivity index (χ1v) is 15.8. The Hall–Kier alpha value is -4.71. The number of benzene rings is 4. The van der Waals surface area contributed by atoms with Crippen LogP contribution in [-0.2, 0) is 34.3 Å². The molecule has 1 aliphatic heterocycles. The Morgan fingerprint density at radius 1 is 0.909 bits per heavy atom. The zero-order chi connectivity index (χ0) is 30.7. The summed E-state index contributed by atoms with van der Waals surface area (Å²) in [6.45, 7) is 0.898. The number of anilines is 1. The Labute approximate surface area is 256 Å². The summed E-state index contributed by atoms with van der Waals surface area (Å²) >= 11 is 0. The lowest BCUT2D eigenvalue weighted by Crippen LogP contribution is -2.47. The number of nitrogens with one attached hydrogen (secondary N) is 2. The molecule has 0 aliphatic carbocycles. The number of H-pyrrole nitrogens is 1. The Morgan fingerprint density at radius 3 is 2.41 bits per heavy atom. The van der Waals surface area contributed by atoms with E-state index in [9.17, 15) is 13.2 Å². The second-order valence-corrected chi connectivity index (χ2v) is 12.8. The van der Waals surface area contributed by atoms with Crippen molar-refractivity contribution >= 4 is 21.6 Å². The van der Waals surface area contributed by atoms with Crippen LogP contribution in [0.25, 0.3) is 22.5 Å². The molecule has 0 saturated carbocycles. The molecule has 2 heterocycles. The van der Waals surface area contributed by atoms with Crippen molar-refractivity contribution in [3.05, 3.63) is 114 Å². The Bertz CT molecular complexity index is 1870. The van der Waals surface area contributed by atoms with Crippen molar-refractivity contribution in [2.24, 2.45) is 0 Å². The van der Waals surface area contributed by atoms with Crippen LogP contribution in [0.5, 0.6) is 0 Å². The minimum atomic E-state index is -3.94. The number of amides is 1. The smallest absolute Gasteiger partial charge is 0.245 e. The van der Waals surface area contributed by atoms with Crippen LogP contribution in [0.1, 0.15) is 23.1 Å². The summed E-state index contributed by atoms with van der Waals surface area (Å²) in [7, 11) is -0.0846. The fourth-order valence-electron chi connectivity index (χ4n) is 5.60. The first-order chi connectivity index (χ1) is 21.3. The van der Waals surface area contributed by atoms with E-state index < -0.39 is 16.1 Å². The van der Waals surface area contributed by atoms with Crippen LogP contribution in [0.3, 0.4) is 0 Å². The molecule has 11 heteroatoms. The van der Waals surface area contributed by atoms with Gasteiger partial charge < -0.3 is 9.80 Å². The molecule has 0 radical (unpaired) electrons. The topological polar surface area (TPSA) is 124 Å². The molecular formula is C33H33N7O3S. The van der Waals surface area contributed by atoms with Crippen LogP contribution in [0.15, 0.2) is 102 Å². The van der Waals surface area contributed by atoms with Crippen molar-refractivity contribution in [2.45, 2.75) is 36.9 Å². The van der Waals surface area contributed by atoms with Crippen LogP contribution in [0, 0.1) is 0 Å². The van der Waals surface area contributed by atoms with Crippen LogP contribution in [0.2, 0.25) is 0 Å². The molecule has 1 aliphatic rings. The van der Waals surface area contributed by atoms with Gasteiger partial charge in [0.1, 0.15) is 6.04 Å². The van der Waals surface area contributed by atoms with Gasteiger partial charge in [-0.15, -0.1) is 10.2 Å². The Balaban J connectivity index is 1.26. The fourth-order valence-corrected chi connectivity index (χ4v) is 6.89. The molecule has 1 amide bonds. The van der Waals surface area contributed by atoms with Crippen molar-refractivity contribution in [2.75, 3.05) is 19.0 Å².